The van der Waals surface area contributed by atoms with Crippen LogP contribution in [0.5, 0.6) is 0 Å². The monoisotopic (exact) mass is 281 g/mol. The summed E-state index contributed by atoms with van der Waals surface area (Å²) in [6, 6.07) is 8.18. The van der Waals surface area contributed by atoms with Crippen molar-refractivity contribution in [2.45, 2.75) is 25.8 Å². The highest BCUT2D eigenvalue weighted by Gasteiger charge is 2.12. The summed E-state index contributed by atoms with van der Waals surface area (Å²) in [4.78, 5) is 6.70. The summed E-state index contributed by atoms with van der Waals surface area (Å²) < 4.78 is 0. The fourth-order valence-electron chi connectivity index (χ4n) is 1.83. The zero-order chi connectivity index (χ0) is 13.0. The lowest BCUT2D eigenvalue weighted by atomic mass is 10.1. The molecule has 96 valence electrons. The zero-order valence-corrected chi connectivity index (χ0v) is 11.8. The Hall–Kier alpha value is -0.940. The van der Waals surface area contributed by atoms with E-state index in [2.05, 4.69) is 29.5 Å². The van der Waals surface area contributed by atoms with Gasteiger partial charge in [0.15, 0.2) is 0 Å². The van der Waals surface area contributed by atoms with Crippen molar-refractivity contribution in [3.05, 3.63) is 50.9 Å². The standard InChI is InChI=1S/C13H16ClN3S/c1-2-10-3-4-11(18-10)8-12(17-15)9-5-6-16-13(14)7-9/h3-7,12,17H,2,8,15H2,1H3. The van der Waals surface area contributed by atoms with Crippen molar-refractivity contribution in [1.82, 2.24) is 10.4 Å². The molecular formula is C13H16ClN3S. The molecule has 0 radical (unpaired) electrons. The molecule has 5 heteroatoms. The van der Waals surface area contributed by atoms with E-state index in [0.717, 1.165) is 18.4 Å². The molecule has 2 heterocycles. The molecule has 0 saturated heterocycles. The van der Waals surface area contributed by atoms with E-state index in [1.54, 1.807) is 6.20 Å². The van der Waals surface area contributed by atoms with Gasteiger partial charge in [0, 0.05) is 22.4 Å². The van der Waals surface area contributed by atoms with Crippen LogP contribution in [0.3, 0.4) is 0 Å². The van der Waals surface area contributed by atoms with Crippen molar-refractivity contribution in [1.29, 1.82) is 0 Å². The summed E-state index contributed by atoms with van der Waals surface area (Å²) in [5.41, 5.74) is 3.90. The number of nitrogens with one attached hydrogen (secondary N) is 1. The quantitative estimate of drug-likeness (QED) is 0.503. The van der Waals surface area contributed by atoms with Crippen molar-refractivity contribution in [2.75, 3.05) is 0 Å². The molecule has 0 saturated carbocycles. The van der Waals surface area contributed by atoms with E-state index in [1.165, 1.54) is 9.75 Å². The maximum Gasteiger partial charge on any atom is 0.129 e. The minimum absolute atomic E-state index is 0.0638. The first-order valence-electron chi connectivity index (χ1n) is 5.88. The first-order chi connectivity index (χ1) is 8.72. The van der Waals surface area contributed by atoms with Gasteiger partial charge in [-0.1, -0.05) is 18.5 Å². The largest absolute Gasteiger partial charge is 0.271 e. The third kappa shape index (κ3) is 3.29. The number of thiophene rings is 1. The van der Waals surface area contributed by atoms with E-state index in [4.69, 9.17) is 17.4 Å². The molecule has 3 N–H and O–H groups in total. The van der Waals surface area contributed by atoms with Gasteiger partial charge in [0.05, 0.1) is 6.04 Å². The molecule has 1 atom stereocenters. The molecule has 0 aliphatic heterocycles. The van der Waals surface area contributed by atoms with Crippen LogP contribution in [-0.2, 0) is 12.8 Å². The lowest BCUT2D eigenvalue weighted by Crippen LogP contribution is -2.29. The predicted octanol–water partition coefficient (Wildman–Crippen LogP) is 3.11. The number of aromatic nitrogens is 1. The van der Waals surface area contributed by atoms with Gasteiger partial charge in [-0.25, -0.2) is 4.98 Å². The fraction of sp³-hybridized carbons (Fsp3) is 0.308. The van der Waals surface area contributed by atoms with Crippen LogP contribution in [0.4, 0.5) is 0 Å². The Morgan fingerprint density at radius 2 is 2.17 bits per heavy atom. The molecule has 0 aliphatic carbocycles. The molecule has 18 heavy (non-hydrogen) atoms. The van der Waals surface area contributed by atoms with Crippen LogP contribution in [0.15, 0.2) is 30.5 Å². The predicted molar refractivity (Wildman–Crippen MR) is 76.7 cm³/mol. The van der Waals surface area contributed by atoms with Crippen LogP contribution in [0, 0.1) is 0 Å². The van der Waals surface area contributed by atoms with E-state index < -0.39 is 0 Å². The molecule has 3 nitrogen and oxygen atoms in total. The normalized spacial score (nSPS) is 12.6. The van der Waals surface area contributed by atoms with Gasteiger partial charge >= 0.3 is 0 Å². The third-order valence-electron chi connectivity index (χ3n) is 2.83. The Morgan fingerprint density at radius 1 is 1.39 bits per heavy atom. The summed E-state index contributed by atoms with van der Waals surface area (Å²) >= 11 is 7.73. The van der Waals surface area contributed by atoms with Crippen LogP contribution < -0.4 is 11.3 Å². The Balaban J connectivity index is 2.14. The summed E-state index contributed by atoms with van der Waals surface area (Å²) in [5.74, 6) is 5.63. The van der Waals surface area contributed by atoms with Gasteiger partial charge in [0.25, 0.3) is 0 Å². The van der Waals surface area contributed by atoms with Gasteiger partial charge in [-0.15, -0.1) is 11.3 Å². The second kappa shape index (κ2) is 6.29. The molecule has 2 aromatic rings. The number of pyridine rings is 1. The minimum atomic E-state index is 0.0638. The summed E-state index contributed by atoms with van der Waals surface area (Å²) in [7, 11) is 0. The van der Waals surface area contributed by atoms with Gasteiger partial charge in [0.1, 0.15) is 5.15 Å². The molecule has 0 amide bonds. The molecule has 2 rings (SSSR count). The van der Waals surface area contributed by atoms with Crippen molar-refractivity contribution in [3.63, 3.8) is 0 Å². The highest BCUT2D eigenvalue weighted by atomic mass is 35.5. The number of nitrogens with zero attached hydrogens (tertiary/aromatic N) is 1. The van der Waals surface area contributed by atoms with E-state index >= 15 is 0 Å². The number of aryl methyl sites for hydroxylation is 1. The first-order valence-corrected chi connectivity index (χ1v) is 7.07. The topological polar surface area (TPSA) is 50.9 Å². The molecule has 0 fully saturated rings. The minimum Gasteiger partial charge on any atom is -0.271 e. The highest BCUT2D eigenvalue weighted by molar-refractivity contribution is 7.11. The molecule has 0 spiro atoms. The number of nitrogens with two attached hydrogens (primary N) is 1. The van der Waals surface area contributed by atoms with Crippen LogP contribution in [0.25, 0.3) is 0 Å². The maximum atomic E-state index is 5.90. The van der Waals surface area contributed by atoms with E-state index in [0.29, 0.717) is 5.15 Å². The van der Waals surface area contributed by atoms with E-state index in [-0.39, 0.29) is 6.04 Å². The smallest absolute Gasteiger partial charge is 0.129 e. The second-order valence-corrected chi connectivity index (χ2v) is 5.70. The molecule has 2 aromatic heterocycles. The average molecular weight is 282 g/mol. The van der Waals surface area contributed by atoms with Gasteiger partial charge in [-0.3, -0.25) is 11.3 Å². The van der Waals surface area contributed by atoms with Gasteiger partial charge in [-0.05, 0) is 36.2 Å². The summed E-state index contributed by atoms with van der Waals surface area (Å²) in [6.45, 7) is 2.16. The highest BCUT2D eigenvalue weighted by Crippen LogP contribution is 2.24. The molecule has 0 aromatic carbocycles. The number of halogens is 1. The summed E-state index contributed by atoms with van der Waals surface area (Å²) in [6.07, 6.45) is 3.64. The van der Waals surface area contributed by atoms with Crippen molar-refractivity contribution >= 4 is 22.9 Å². The Kier molecular flexibility index (Phi) is 4.72. The lowest BCUT2D eigenvalue weighted by Gasteiger charge is -2.15. The zero-order valence-electron chi connectivity index (χ0n) is 10.2. The van der Waals surface area contributed by atoms with Crippen LogP contribution in [-0.4, -0.2) is 4.98 Å². The van der Waals surface area contributed by atoms with Crippen molar-refractivity contribution in [3.8, 4) is 0 Å². The van der Waals surface area contributed by atoms with Gasteiger partial charge in [0.2, 0.25) is 0 Å². The third-order valence-corrected chi connectivity index (χ3v) is 4.28. The first kappa shape index (κ1) is 13.5. The SMILES string of the molecule is CCc1ccc(CC(NN)c2ccnc(Cl)c2)s1. The Labute approximate surface area is 116 Å². The van der Waals surface area contributed by atoms with Gasteiger partial charge < -0.3 is 0 Å². The second-order valence-electron chi connectivity index (χ2n) is 4.06. The molecule has 1 unspecified atom stereocenters. The Bertz CT molecular complexity index is 512. The van der Waals surface area contributed by atoms with Crippen LogP contribution >= 0.6 is 22.9 Å². The lowest BCUT2D eigenvalue weighted by molar-refractivity contribution is 0.555. The van der Waals surface area contributed by atoms with E-state index in [1.807, 2.05) is 23.5 Å². The number of rotatable bonds is 5. The fourth-order valence-corrected chi connectivity index (χ4v) is 3.02. The van der Waals surface area contributed by atoms with Crippen molar-refractivity contribution < 1.29 is 0 Å². The van der Waals surface area contributed by atoms with Crippen LogP contribution in [0.2, 0.25) is 5.15 Å². The van der Waals surface area contributed by atoms with Crippen molar-refractivity contribution in [2.24, 2.45) is 5.84 Å². The number of hydrogen-bond donors (Lipinski definition) is 2. The maximum absolute atomic E-state index is 5.90. The Morgan fingerprint density at radius 3 is 2.78 bits per heavy atom. The average Bonchev–Trinajstić information content (AvgIpc) is 2.83. The summed E-state index contributed by atoms with van der Waals surface area (Å²) in [5, 5.41) is 0.494. The molecule has 0 aliphatic rings. The number of hydrazine groups is 1. The van der Waals surface area contributed by atoms with E-state index in [9.17, 15) is 0 Å². The number of hydrogen-bond acceptors (Lipinski definition) is 4. The van der Waals surface area contributed by atoms with Crippen LogP contribution in [0.1, 0.15) is 28.3 Å². The van der Waals surface area contributed by atoms with Gasteiger partial charge in [-0.2, -0.15) is 0 Å². The molecule has 0 bridgehead atoms. The molecular weight excluding hydrogens is 266 g/mol.